The molecule has 0 radical (unpaired) electrons. The Kier molecular flexibility index (Phi) is 4.47. The van der Waals surface area contributed by atoms with Crippen LogP contribution in [0, 0.1) is 6.92 Å². The number of nitrogens with zero attached hydrogens (tertiary/aromatic N) is 3. The van der Waals surface area contributed by atoms with Gasteiger partial charge in [-0.2, -0.15) is 9.80 Å². The first-order valence-electron chi connectivity index (χ1n) is 6.29. The van der Waals surface area contributed by atoms with E-state index in [4.69, 9.17) is 18.0 Å². The third-order valence-electron chi connectivity index (χ3n) is 2.71. The number of H-pyrrole nitrogens is 1. The molecule has 1 aromatic carbocycles. The highest BCUT2D eigenvalue weighted by molar-refractivity contribution is 7.80. The molecule has 2 aromatic rings. The average Bonchev–Trinajstić information content (AvgIpc) is 2.73. The van der Waals surface area contributed by atoms with Gasteiger partial charge in [0.25, 0.3) is 0 Å². The molecule has 0 saturated carbocycles. The van der Waals surface area contributed by atoms with E-state index in [-0.39, 0.29) is 16.7 Å². The zero-order chi connectivity index (χ0) is 16.3. The predicted octanol–water partition coefficient (Wildman–Crippen LogP) is 1.95. The lowest BCUT2D eigenvalue weighted by Gasteiger charge is -2.00. The van der Waals surface area contributed by atoms with E-state index in [1.165, 1.54) is 6.92 Å². The van der Waals surface area contributed by atoms with Gasteiger partial charge in [0.15, 0.2) is 10.8 Å². The van der Waals surface area contributed by atoms with Crippen LogP contribution in [0.25, 0.3) is 0 Å². The van der Waals surface area contributed by atoms with Crippen LogP contribution in [0.4, 0.5) is 17.1 Å². The second-order valence-corrected chi connectivity index (χ2v) is 4.91. The second kappa shape index (κ2) is 6.31. The molecule has 0 fully saturated rings. The third kappa shape index (κ3) is 3.44. The summed E-state index contributed by atoms with van der Waals surface area (Å²) in [5.74, 6) is -0.157. The molecule has 0 aliphatic carbocycles. The Labute approximate surface area is 131 Å². The van der Waals surface area contributed by atoms with Gasteiger partial charge in [-0.3, -0.25) is 14.7 Å². The molecule has 1 amide bonds. The first-order chi connectivity index (χ1) is 10.4. The number of aromatic nitrogens is 2. The van der Waals surface area contributed by atoms with Crippen LogP contribution in [-0.4, -0.2) is 20.8 Å². The summed E-state index contributed by atoms with van der Waals surface area (Å²) in [6.07, 6.45) is 0. The van der Waals surface area contributed by atoms with Gasteiger partial charge in [0.2, 0.25) is 5.91 Å². The quantitative estimate of drug-likeness (QED) is 0.592. The maximum atomic E-state index is 12.0. The van der Waals surface area contributed by atoms with Gasteiger partial charge in [0.1, 0.15) is 0 Å². The smallest absolute Gasteiger partial charge is 0.301 e. The average molecular weight is 318 g/mol. The predicted molar refractivity (Wildman–Crippen MR) is 86.9 cm³/mol. The van der Waals surface area contributed by atoms with Crippen molar-refractivity contribution in [2.24, 2.45) is 16.0 Å². The van der Waals surface area contributed by atoms with Crippen LogP contribution in [0.15, 0.2) is 39.3 Å². The lowest BCUT2D eigenvalue weighted by atomic mass is 10.3. The minimum atomic E-state index is -0.455. The van der Waals surface area contributed by atoms with Crippen molar-refractivity contribution in [2.45, 2.75) is 13.8 Å². The number of carbonyl (C=O) groups is 1. The number of aryl methyl sites for hydroxylation is 1. The van der Waals surface area contributed by atoms with E-state index in [1.807, 2.05) is 0 Å². The monoisotopic (exact) mass is 318 g/mol. The Morgan fingerprint density at radius 1 is 1.32 bits per heavy atom. The number of benzene rings is 1. The number of amides is 1. The maximum absolute atomic E-state index is 12.0. The lowest BCUT2D eigenvalue weighted by Crippen LogP contribution is -2.29. The van der Waals surface area contributed by atoms with E-state index in [0.29, 0.717) is 17.1 Å². The van der Waals surface area contributed by atoms with E-state index in [0.717, 1.165) is 4.68 Å². The molecule has 0 unspecified atom stereocenters. The molecule has 2 rings (SSSR count). The minimum Gasteiger partial charge on any atom is -0.374 e. The third-order valence-corrected chi connectivity index (χ3v) is 2.90. The molecular weight excluding hydrogens is 304 g/mol. The number of aromatic amines is 1. The summed E-state index contributed by atoms with van der Waals surface area (Å²) >= 11 is 4.75. The van der Waals surface area contributed by atoms with Gasteiger partial charge in [-0.15, -0.1) is 5.11 Å². The molecular formula is C13H14N6O2S. The van der Waals surface area contributed by atoms with Crippen molar-refractivity contribution < 1.29 is 4.79 Å². The summed E-state index contributed by atoms with van der Waals surface area (Å²) in [6, 6.07) is 6.71. The van der Waals surface area contributed by atoms with Crippen molar-refractivity contribution in [1.29, 1.82) is 0 Å². The molecule has 4 N–H and O–H groups in total. The maximum Gasteiger partial charge on any atom is 0.301 e. The van der Waals surface area contributed by atoms with Gasteiger partial charge < -0.3 is 11.1 Å². The molecule has 0 aliphatic rings. The van der Waals surface area contributed by atoms with Gasteiger partial charge in [-0.25, -0.2) is 0 Å². The van der Waals surface area contributed by atoms with Crippen molar-refractivity contribution >= 4 is 40.3 Å². The number of thiocarbonyl (C=S) groups is 1. The number of anilines is 1. The number of hydrogen-bond acceptors (Lipinski definition) is 5. The van der Waals surface area contributed by atoms with E-state index in [9.17, 15) is 9.59 Å². The first-order valence-corrected chi connectivity index (χ1v) is 6.70. The molecule has 1 heterocycles. The summed E-state index contributed by atoms with van der Waals surface area (Å²) in [6.45, 7) is 3.10. The zero-order valence-corrected chi connectivity index (χ0v) is 12.8. The van der Waals surface area contributed by atoms with Crippen LogP contribution in [-0.2, 0) is 4.79 Å². The SMILES string of the molecule is CC(=O)Nc1ccc(N=Nc2c(C)[nH]n(C(N)=S)c2=O)cc1. The molecule has 22 heavy (non-hydrogen) atoms. The Morgan fingerprint density at radius 2 is 1.95 bits per heavy atom. The standard InChI is InChI=1S/C13H14N6O2S/c1-7-11(12(21)19(18-7)13(14)22)17-16-10-5-3-9(4-6-10)15-8(2)20/h3-6,18H,1-2H3,(H2,14,22)(H,15,20). The van der Waals surface area contributed by atoms with Crippen LogP contribution < -0.4 is 16.6 Å². The molecule has 8 nitrogen and oxygen atoms in total. The van der Waals surface area contributed by atoms with Crippen LogP contribution >= 0.6 is 12.2 Å². The van der Waals surface area contributed by atoms with Crippen molar-refractivity contribution in [3.8, 4) is 0 Å². The van der Waals surface area contributed by atoms with Gasteiger partial charge in [0.05, 0.1) is 11.4 Å². The largest absolute Gasteiger partial charge is 0.374 e. The zero-order valence-electron chi connectivity index (χ0n) is 12.0. The molecule has 114 valence electrons. The number of nitrogens with one attached hydrogen (secondary N) is 2. The fourth-order valence-corrected chi connectivity index (χ4v) is 1.86. The van der Waals surface area contributed by atoms with Crippen molar-refractivity contribution in [3.63, 3.8) is 0 Å². The van der Waals surface area contributed by atoms with E-state index in [1.54, 1.807) is 31.2 Å². The Bertz CT molecular complexity index is 803. The number of carbonyl (C=O) groups excluding carboxylic acids is 1. The topological polar surface area (TPSA) is 118 Å². The van der Waals surface area contributed by atoms with Gasteiger partial charge in [-0.1, -0.05) is 0 Å². The Hall–Kier alpha value is -2.81. The molecule has 0 bridgehead atoms. The lowest BCUT2D eigenvalue weighted by molar-refractivity contribution is -0.114. The van der Waals surface area contributed by atoms with Crippen LogP contribution in [0.2, 0.25) is 0 Å². The summed E-state index contributed by atoms with van der Waals surface area (Å²) in [4.78, 5) is 22.9. The van der Waals surface area contributed by atoms with Crippen LogP contribution in [0.3, 0.4) is 0 Å². The van der Waals surface area contributed by atoms with Crippen molar-refractivity contribution in [1.82, 2.24) is 9.78 Å². The highest BCUT2D eigenvalue weighted by Gasteiger charge is 2.11. The highest BCUT2D eigenvalue weighted by atomic mass is 32.1. The molecule has 1 aromatic heterocycles. The molecule has 0 spiro atoms. The normalized spacial score (nSPS) is 10.8. The Morgan fingerprint density at radius 3 is 2.45 bits per heavy atom. The van der Waals surface area contributed by atoms with E-state index >= 15 is 0 Å². The molecule has 0 atom stereocenters. The number of nitrogens with two attached hydrogens (primary N) is 1. The minimum absolute atomic E-state index is 0.0887. The van der Waals surface area contributed by atoms with Gasteiger partial charge >= 0.3 is 5.56 Å². The van der Waals surface area contributed by atoms with Crippen molar-refractivity contribution in [3.05, 3.63) is 40.3 Å². The summed E-state index contributed by atoms with van der Waals surface area (Å²) in [5.41, 5.74) is 6.80. The second-order valence-electron chi connectivity index (χ2n) is 4.49. The van der Waals surface area contributed by atoms with Crippen LogP contribution in [0.1, 0.15) is 12.6 Å². The number of azo groups is 1. The fourth-order valence-electron chi connectivity index (χ4n) is 1.73. The van der Waals surface area contributed by atoms with Crippen molar-refractivity contribution in [2.75, 3.05) is 5.32 Å². The Balaban J connectivity index is 2.24. The summed E-state index contributed by atoms with van der Waals surface area (Å²) in [7, 11) is 0. The molecule has 0 aliphatic heterocycles. The summed E-state index contributed by atoms with van der Waals surface area (Å²) < 4.78 is 1.03. The number of hydrogen-bond donors (Lipinski definition) is 3. The van der Waals surface area contributed by atoms with Gasteiger partial charge in [0, 0.05) is 12.6 Å². The molecule has 9 heteroatoms. The highest BCUT2D eigenvalue weighted by Crippen LogP contribution is 2.19. The first kappa shape index (κ1) is 15.6. The van der Waals surface area contributed by atoms with E-state index in [2.05, 4.69) is 20.6 Å². The fraction of sp³-hybridized carbons (Fsp3) is 0.154. The molecule has 0 saturated heterocycles. The van der Waals surface area contributed by atoms with E-state index < -0.39 is 5.56 Å². The van der Waals surface area contributed by atoms with Gasteiger partial charge in [-0.05, 0) is 43.4 Å². The van der Waals surface area contributed by atoms with Crippen LogP contribution in [0.5, 0.6) is 0 Å². The number of rotatable bonds is 3. The summed E-state index contributed by atoms with van der Waals surface area (Å²) in [5, 5.41) is 13.2.